The maximum absolute atomic E-state index is 12.7. The first-order valence-electron chi connectivity index (χ1n) is 3.27. The van der Waals surface area contributed by atoms with E-state index in [0.29, 0.717) is 0 Å². The van der Waals surface area contributed by atoms with Crippen molar-refractivity contribution in [3.05, 3.63) is 0 Å². The Morgan fingerprint density at radius 2 is 1.64 bits per heavy atom. The minimum absolute atomic E-state index is 1.31. The molecule has 0 bridgehead atoms. The number of rotatable bonds is 5. The number of hydrogen-bond donors (Lipinski definition) is 0. The van der Waals surface area contributed by atoms with Crippen LogP contribution < -0.4 is 0 Å². The van der Waals surface area contributed by atoms with Gasteiger partial charge in [-0.15, -0.1) is 11.6 Å². The first kappa shape index (κ1) is 13.9. The van der Waals surface area contributed by atoms with Gasteiger partial charge >= 0.3 is 0 Å². The largest absolute Gasteiger partial charge is 0.280 e. The topological polar surface area (TPSA) is 17.1 Å². The zero-order valence-corrected chi connectivity index (χ0v) is 8.01. The molecule has 0 aliphatic carbocycles. The van der Waals surface area contributed by atoms with Crippen molar-refractivity contribution in [2.45, 2.75) is 19.0 Å². The Labute approximate surface area is 86.2 Å². The Hall–Kier alpha value is -0.100. The normalized spacial score (nSPS) is 18.4. The van der Waals surface area contributed by atoms with Crippen molar-refractivity contribution < 1.29 is 26.7 Å². The van der Waals surface area contributed by atoms with Gasteiger partial charge in [-0.3, -0.25) is 4.79 Å². The van der Waals surface area contributed by atoms with E-state index in [0.717, 1.165) is 0 Å². The van der Waals surface area contributed by atoms with Crippen LogP contribution in [0.25, 0.3) is 0 Å². The Bertz CT molecular complexity index is 212. The first-order chi connectivity index (χ1) is 6.30. The van der Waals surface area contributed by atoms with Gasteiger partial charge in [0.2, 0.25) is 5.24 Å². The second-order valence-corrected chi connectivity index (χ2v) is 3.10. The summed E-state index contributed by atoms with van der Waals surface area (Å²) >= 11 is 9.55. The highest BCUT2D eigenvalue weighted by molar-refractivity contribution is 6.65. The molecule has 0 aromatic heterocycles. The molecule has 0 aliphatic heterocycles. The third-order valence-electron chi connectivity index (χ3n) is 1.69. The molecule has 0 fully saturated rings. The highest BCUT2D eigenvalue weighted by Gasteiger charge is 2.56. The fraction of sp³-hybridized carbons (Fsp3) is 0.833. The molecule has 0 aliphatic rings. The van der Waals surface area contributed by atoms with E-state index in [9.17, 15) is 26.7 Å². The van der Waals surface area contributed by atoms with Gasteiger partial charge in [-0.2, -0.15) is 0 Å². The summed E-state index contributed by atoms with van der Waals surface area (Å²) in [6.45, 7) is 0. The molecule has 0 heterocycles. The molecule has 0 N–H and O–H groups in total. The Morgan fingerprint density at radius 1 is 1.21 bits per heavy atom. The van der Waals surface area contributed by atoms with Crippen molar-refractivity contribution in [3.8, 4) is 0 Å². The van der Waals surface area contributed by atoms with Gasteiger partial charge in [0.25, 0.3) is 12.9 Å². The lowest BCUT2D eigenvalue weighted by molar-refractivity contribution is -0.144. The van der Waals surface area contributed by atoms with Gasteiger partial charge in [0.15, 0.2) is 11.6 Å². The summed E-state index contributed by atoms with van der Waals surface area (Å²) in [6.07, 6.45) is -10.8. The summed E-state index contributed by atoms with van der Waals surface area (Å²) in [7, 11) is 0. The smallest absolute Gasteiger partial charge is 0.270 e. The fourth-order valence-corrected chi connectivity index (χ4v) is 1.43. The molecular weight excluding hydrogens is 254 g/mol. The SMILES string of the molecule is O=C(Cl)C(CCl)(C(F)F)C(F)C(F)F. The monoisotopic (exact) mass is 258 g/mol. The van der Waals surface area contributed by atoms with E-state index in [1.807, 2.05) is 0 Å². The van der Waals surface area contributed by atoms with Crippen LogP contribution in [-0.2, 0) is 4.79 Å². The lowest BCUT2D eigenvalue weighted by Gasteiger charge is -2.29. The van der Waals surface area contributed by atoms with Gasteiger partial charge in [0.05, 0.1) is 0 Å². The van der Waals surface area contributed by atoms with Gasteiger partial charge < -0.3 is 0 Å². The second kappa shape index (κ2) is 5.11. The Morgan fingerprint density at radius 3 is 1.71 bits per heavy atom. The van der Waals surface area contributed by atoms with Crippen LogP contribution in [0.3, 0.4) is 0 Å². The molecule has 84 valence electrons. The van der Waals surface area contributed by atoms with Crippen LogP contribution in [-0.4, -0.2) is 30.1 Å². The van der Waals surface area contributed by atoms with Crippen LogP contribution in [0.4, 0.5) is 22.0 Å². The predicted molar refractivity (Wildman–Crippen MR) is 40.9 cm³/mol. The highest BCUT2D eigenvalue weighted by atomic mass is 35.5. The standard InChI is InChI=1S/C6H5Cl2F5O/c7-1-6(4(8)14,5(12)13)2(9)3(10)11/h2-3,5H,1H2. The zero-order valence-electron chi connectivity index (χ0n) is 6.49. The molecule has 0 radical (unpaired) electrons. The minimum Gasteiger partial charge on any atom is -0.280 e. The predicted octanol–water partition coefficient (Wildman–Crippen LogP) is 2.85. The molecule has 0 saturated heterocycles. The number of halogens is 7. The van der Waals surface area contributed by atoms with Crippen LogP contribution in [0.5, 0.6) is 0 Å². The van der Waals surface area contributed by atoms with Crippen LogP contribution in [0.2, 0.25) is 0 Å². The van der Waals surface area contributed by atoms with E-state index in [-0.39, 0.29) is 0 Å². The Balaban J connectivity index is 5.14. The van der Waals surface area contributed by atoms with E-state index in [1.54, 1.807) is 0 Å². The summed E-state index contributed by atoms with van der Waals surface area (Å²) < 4.78 is 60.9. The Kier molecular flexibility index (Phi) is 5.08. The second-order valence-electron chi connectivity index (χ2n) is 2.48. The highest BCUT2D eigenvalue weighted by Crippen LogP contribution is 2.39. The van der Waals surface area contributed by atoms with Crippen LogP contribution in [0.15, 0.2) is 0 Å². The average molecular weight is 259 g/mol. The maximum atomic E-state index is 12.7. The molecule has 1 nitrogen and oxygen atoms in total. The third kappa shape index (κ3) is 2.28. The molecular formula is C6H5Cl2F5O. The van der Waals surface area contributed by atoms with E-state index >= 15 is 0 Å². The summed E-state index contributed by atoms with van der Waals surface area (Å²) in [5, 5.41) is -1.91. The lowest BCUT2D eigenvalue weighted by Crippen LogP contribution is -2.49. The van der Waals surface area contributed by atoms with E-state index in [1.165, 1.54) is 0 Å². The van der Waals surface area contributed by atoms with Crippen molar-refractivity contribution in [1.82, 2.24) is 0 Å². The van der Waals surface area contributed by atoms with Crippen LogP contribution >= 0.6 is 23.2 Å². The van der Waals surface area contributed by atoms with Gasteiger partial charge in [-0.25, -0.2) is 22.0 Å². The van der Waals surface area contributed by atoms with Crippen molar-refractivity contribution >= 4 is 28.4 Å². The van der Waals surface area contributed by atoms with E-state index < -0.39 is 35.6 Å². The van der Waals surface area contributed by atoms with Crippen LogP contribution in [0.1, 0.15) is 0 Å². The van der Waals surface area contributed by atoms with Gasteiger partial charge in [0.1, 0.15) is 0 Å². The number of hydrogen-bond acceptors (Lipinski definition) is 1. The lowest BCUT2D eigenvalue weighted by atomic mass is 9.87. The molecule has 14 heavy (non-hydrogen) atoms. The zero-order chi connectivity index (χ0) is 11.5. The molecule has 2 atom stereocenters. The number of alkyl halides is 6. The van der Waals surface area contributed by atoms with Crippen molar-refractivity contribution in [2.24, 2.45) is 5.41 Å². The van der Waals surface area contributed by atoms with E-state index in [2.05, 4.69) is 11.6 Å². The minimum atomic E-state index is -3.74. The van der Waals surface area contributed by atoms with E-state index in [4.69, 9.17) is 11.6 Å². The maximum Gasteiger partial charge on any atom is 0.270 e. The molecule has 0 saturated carbocycles. The third-order valence-corrected chi connectivity index (χ3v) is 2.48. The fourth-order valence-electron chi connectivity index (χ4n) is 0.724. The summed E-state index contributed by atoms with van der Waals surface area (Å²) in [6, 6.07) is 0. The summed E-state index contributed by atoms with van der Waals surface area (Å²) in [5.41, 5.74) is -3.34. The van der Waals surface area contributed by atoms with Gasteiger partial charge in [-0.1, -0.05) is 0 Å². The van der Waals surface area contributed by atoms with Crippen molar-refractivity contribution in [2.75, 3.05) is 5.88 Å². The molecule has 2 unspecified atom stereocenters. The summed E-state index contributed by atoms with van der Waals surface area (Å²) in [4.78, 5) is 10.5. The summed E-state index contributed by atoms with van der Waals surface area (Å²) in [5.74, 6) is -1.31. The number of carbonyl (C=O) groups excluding carboxylic acids is 1. The molecule has 0 aromatic carbocycles. The molecule has 0 spiro atoms. The van der Waals surface area contributed by atoms with Gasteiger partial charge in [0, 0.05) is 5.88 Å². The molecule has 0 rings (SSSR count). The van der Waals surface area contributed by atoms with Gasteiger partial charge in [-0.05, 0) is 11.6 Å². The quantitative estimate of drug-likeness (QED) is 0.421. The molecule has 8 heteroatoms. The molecule has 0 aromatic rings. The molecule has 0 amide bonds. The van der Waals surface area contributed by atoms with Crippen molar-refractivity contribution in [1.29, 1.82) is 0 Å². The average Bonchev–Trinajstić information content (AvgIpc) is 2.04. The number of carbonyl (C=O) groups is 1. The first-order valence-corrected chi connectivity index (χ1v) is 4.18. The van der Waals surface area contributed by atoms with Crippen LogP contribution in [0, 0.1) is 5.41 Å². The van der Waals surface area contributed by atoms with Crippen molar-refractivity contribution in [3.63, 3.8) is 0 Å².